The van der Waals surface area contributed by atoms with Crippen molar-refractivity contribution in [2.75, 3.05) is 6.54 Å². The molecule has 0 spiro atoms. The molecule has 1 N–H and O–H groups in total. The molecule has 1 aliphatic rings. The number of carbonyl (C=O) groups excluding carboxylic acids is 1. The number of halogens is 1. The minimum atomic E-state index is -0.795. The van der Waals surface area contributed by atoms with E-state index >= 15 is 0 Å². The van der Waals surface area contributed by atoms with Crippen LogP contribution in [0.2, 0.25) is 0 Å². The lowest BCUT2D eigenvalue weighted by atomic mass is 9.97. The topological polar surface area (TPSA) is 57.6 Å². The van der Waals surface area contributed by atoms with Gasteiger partial charge in [0.25, 0.3) is 5.91 Å². The molecule has 1 saturated heterocycles. The van der Waals surface area contributed by atoms with Crippen LogP contribution < -0.4 is 0 Å². The highest BCUT2D eigenvalue weighted by Crippen LogP contribution is 2.31. The zero-order chi connectivity index (χ0) is 14.7. The van der Waals surface area contributed by atoms with Gasteiger partial charge in [0.1, 0.15) is 4.88 Å². The number of likely N-dealkylation sites (tertiary alicyclic amines) is 1. The number of piperidine rings is 1. The van der Waals surface area contributed by atoms with Crippen molar-refractivity contribution in [3.05, 3.63) is 20.3 Å². The highest BCUT2D eigenvalue weighted by molar-refractivity contribution is 9.10. The van der Waals surface area contributed by atoms with Gasteiger partial charge in [-0.15, -0.1) is 11.3 Å². The van der Waals surface area contributed by atoms with E-state index < -0.39 is 5.97 Å². The van der Waals surface area contributed by atoms with E-state index in [1.54, 1.807) is 0 Å². The lowest BCUT2D eigenvalue weighted by Gasteiger charge is -2.35. The molecule has 2 rings (SSSR count). The number of hydrogen-bond donors (Lipinski definition) is 1. The number of rotatable bonds is 4. The molecule has 0 saturated carbocycles. The molecule has 1 unspecified atom stereocenters. The molecule has 0 aromatic carbocycles. The standard InChI is InChI=1S/C14H18BrNO3S/c1-9-8-20-13(12(9)15)14(19)16-7-3-2-4-10(16)5-6-11(17)18/h8,10H,2-7H2,1H3,(H,17,18). The van der Waals surface area contributed by atoms with Gasteiger partial charge >= 0.3 is 5.97 Å². The fourth-order valence-electron chi connectivity index (χ4n) is 2.56. The van der Waals surface area contributed by atoms with Crippen LogP contribution in [0.1, 0.15) is 47.3 Å². The Bertz CT molecular complexity index is 515. The van der Waals surface area contributed by atoms with E-state index in [0.29, 0.717) is 6.42 Å². The summed E-state index contributed by atoms with van der Waals surface area (Å²) in [5.74, 6) is -0.763. The zero-order valence-corrected chi connectivity index (χ0v) is 13.8. The lowest BCUT2D eigenvalue weighted by molar-refractivity contribution is -0.137. The van der Waals surface area contributed by atoms with Gasteiger partial charge in [0.2, 0.25) is 0 Å². The van der Waals surface area contributed by atoms with Crippen LogP contribution >= 0.6 is 27.3 Å². The molecule has 0 bridgehead atoms. The molecule has 1 aromatic rings. The number of amides is 1. The molecule has 2 heterocycles. The Labute approximate surface area is 130 Å². The van der Waals surface area contributed by atoms with E-state index in [1.807, 2.05) is 17.2 Å². The first kappa shape index (κ1) is 15.5. The minimum absolute atomic E-state index is 0.0325. The molecule has 0 aliphatic carbocycles. The average molecular weight is 360 g/mol. The second kappa shape index (κ2) is 6.72. The van der Waals surface area contributed by atoms with Crippen molar-refractivity contribution in [2.24, 2.45) is 0 Å². The fraction of sp³-hybridized carbons (Fsp3) is 0.571. The Kier molecular flexibility index (Phi) is 5.21. The minimum Gasteiger partial charge on any atom is -0.481 e. The van der Waals surface area contributed by atoms with Crippen LogP contribution in [0.15, 0.2) is 9.85 Å². The maximum Gasteiger partial charge on any atom is 0.303 e. The van der Waals surface area contributed by atoms with E-state index in [1.165, 1.54) is 11.3 Å². The predicted octanol–water partition coefficient (Wildman–Crippen LogP) is 3.68. The summed E-state index contributed by atoms with van der Waals surface area (Å²) in [5, 5.41) is 10.8. The van der Waals surface area contributed by atoms with Gasteiger partial charge < -0.3 is 10.0 Å². The first-order valence-electron chi connectivity index (χ1n) is 6.77. The Morgan fingerprint density at radius 1 is 1.50 bits per heavy atom. The predicted molar refractivity (Wildman–Crippen MR) is 82.3 cm³/mol. The van der Waals surface area contributed by atoms with Crippen LogP contribution in [-0.2, 0) is 4.79 Å². The molecule has 1 aromatic heterocycles. The molecule has 0 radical (unpaired) electrons. The number of hydrogen-bond acceptors (Lipinski definition) is 3. The van der Waals surface area contributed by atoms with Crippen LogP contribution in [0.4, 0.5) is 0 Å². The summed E-state index contributed by atoms with van der Waals surface area (Å²) in [6, 6.07) is 0.0571. The highest BCUT2D eigenvalue weighted by Gasteiger charge is 2.29. The van der Waals surface area contributed by atoms with Crippen molar-refractivity contribution < 1.29 is 14.7 Å². The number of carboxylic acid groups (broad SMARTS) is 1. The number of aryl methyl sites for hydroxylation is 1. The Balaban J connectivity index is 2.13. The van der Waals surface area contributed by atoms with Gasteiger partial charge in [-0.05, 0) is 59.5 Å². The summed E-state index contributed by atoms with van der Waals surface area (Å²) in [4.78, 5) is 26.0. The molecule has 1 amide bonds. The molecule has 1 atom stereocenters. The van der Waals surface area contributed by atoms with E-state index in [4.69, 9.17) is 5.11 Å². The quantitative estimate of drug-likeness (QED) is 0.891. The monoisotopic (exact) mass is 359 g/mol. The average Bonchev–Trinajstić information content (AvgIpc) is 2.76. The summed E-state index contributed by atoms with van der Waals surface area (Å²) in [6.07, 6.45) is 3.64. The molecular weight excluding hydrogens is 342 g/mol. The van der Waals surface area contributed by atoms with Crippen molar-refractivity contribution in [3.8, 4) is 0 Å². The molecule has 20 heavy (non-hydrogen) atoms. The Hall–Kier alpha value is -0.880. The van der Waals surface area contributed by atoms with Crippen LogP contribution in [0.25, 0.3) is 0 Å². The van der Waals surface area contributed by atoms with E-state index in [0.717, 1.165) is 40.7 Å². The molecule has 6 heteroatoms. The van der Waals surface area contributed by atoms with Crippen molar-refractivity contribution in [1.29, 1.82) is 0 Å². The molecule has 1 fully saturated rings. The number of aliphatic carboxylic acids is 1. The third-order valence-corrected chi connectivity index (χ3v) is 6.04. The van der Waals surface area contributed by atoms with Crippen LogP contribution in [0.3, 0.4) is 0 Å². The van der Waals surface area contributed by atoms with Gasteiger partial charge in [-0.25, -0.2) is 0 Å². The van der Waals surface area contributed by atoms with E-state index in [2.05, 4.69) is 15.9 Å². The maximum absolute atomic E-state index is 12.6. The molecule has 4 nitrogen and oxygen atoms in total. The second-order valence-electron chi connectivity index (χ2n) is 5.14. The number of nitrogens with zero attached hydrogens (tertiary/aromatic N) is 1. The number of carbonyl (C=O) groups is 2. The Morgan fingerprint density at radius 2 is 2.25 bits per heavy atom. The maximum atomic E-state index is 12.6. The lowest BCUT2D eigenvalue weighted by Crippen LogP contribution is -2.43. The van der Waals surface area contributed by atoms with Gasteiger partial charge in [0.05, 0.1) is 0 Å². The number of thiophene rings is 1. The zero-order valence-electron chi connectivity index (χ0n) is 11.4. The van der Waals surface area contributed by atoms with Crippen LogP contribution in [0, 0.1) is 6.92 Å². The van der Waals surface area contributed by atoms with Crippen molar-refractivity contribution in [3.63, 3.8) is 0 Å². The van der Waals surface area contributed by atoms with Crippen LogP contribution in [-0.4, -0.2) is 34.5 Å². The smallest absolute Gasteiger partial charge is 0.303 e. The highest BCUT2D eigenvalue weighted by atomic mass is 79.9. The Morgan fingerprint density at radius 3 is 2.85 bits per heavy atom. The normalized spacial score (nSPS) is 19.1. The van der Waals surface area contributed by atoms with E-state index in [9.17, 15) is 9.59 Å². The summed E-state index contributed by atoms with van der Waals surface area (Å²) in [6.45, 7) is 2.70. The third kappa shape index (κ3) is 3.41. The molecule has 1 aliphatic heterocycles. The molecular formula is C14H18BrNO3S. The SMILES string of the molecule is Cc1csc(C(=O)N2CCCCC2CCC(=O)O)c1Br. The van der Waals surface area contributed by atoms with Gasteiger partial charge in [-0.2, -0.15) is 0 Å². The summed E-state index contributed by atoms with van der Waals surface area (Å²) < 4.78 is 0.870. The van der Waals surface area contributed by atoms with Crippen LogP contribution in [0.5, 0.6) is 0 Å². The summed E-state index contributed by atoms with van der Waals surface area (Å²) in [7, 11) is 0. The summed E-state index contributed by atoms with van der Waals surface area (Å²) in [5.41, 5.74) is 1.07. The fourth-order valence-corrected chi connectivity index (χ4v) is 4.17. The second-order valence-corrected chi connectivity index (χ2v) is 6.82. The van der Waals surface area contributed by atoms with Crippen molar-refractivity contribution in [1.82, 2.24) is 4.90 Å². The van der Waals surface area contributed by atoms with Gasteiger partial charge in [-0.3, -0.25) is 9.59 Å². The first-order chi connectivity index (χ1) is 9.50. The first-order valence-corrected chi connectivity index (χ1v) is 8.44. The van der Waals surface area contributed by atoms with Gasteiger partial charge in [0, 0.05) is 23.5 Å². The summed E-state index contributed by atoms with van der Waals surface area (Å²) >= 11 is 4.92. The largest absolute Gasteiger partial charge is 0.481 e. The van der Waals surface area contributed by atoms with Crippen molar-refractivity contribution in [2.45, 2.75) is 45.1 Å². The third-order valence-electron chi connectivity index (χ3n) is 3.67. The van der Waals surface area contributed by atoms with Gasteiger partial charge in [0.15, 0.2) is 0 Å². The van der Waals surface area contributed by atoms with Gasteiger partial charge in [-0.1, -0.05) is 0 Å². The van der Waals surface area contributed by atoms with E-state index in [-0.39, 0.29) is 18.4 Å². The van der Waals surface area contributed by atoms with Crippen molar-refractivity contribution >= 4 is 39.1 Å². The molecule has 110 valence electrons. The number of carboxylic acids is 1.